The minimum atomic E-state index is -0.512. The first kappa shape index (κ1) is 18.4. The molecule has 0 aliphatic carbocycles. The quantitative estimate of drug-likeness (QED) is 0.681. The molecule has 27 heavy (non-hydrogen) atoms. The summed E-state index contributed by atoms with van der Waals surface area (Å²) in [6, 6.07) is 3.75. The number of fused-ring (bicyclic) bond motifs is 1. The van der Waals surface area contributed by atoms with E-state index in [-0.39, 0.29) is 42.8 Å². The van der Waals surface area contributed by atoms with Crippen LogP contribution in [0.25, 0.3) is 0 Å². The maximum Gasteiger partial charge on any atom is 0.325 e. The van der Waals surface area contributed by atoms with Crippen molar-refractivity contribution in [2.24, 2.45) is 11.3 Å². The Morgan fingerprint density at radius 2 is 2.15 bits per heavy atom. The molecule has 4 rings (SSSR count). The van der Waals surface area contributed by atoms with Crippen molar-refractivity contribution >= 4 is 29.2 Å². The van der Waals surface area contributed by atoms with Crippen LogP contribution >= 0.6 is 11.3 Å². The van der Waals surface area contributed by atoms with Crippen molar-refractivity contribution in [3.63, 3.8) is 0 Å². The van der Waals surface area contributed by atoms with E-state index in [2.05, 4.69) is 29.3 Å². The van der Waals surface area contributed by atoms with E-state index < -0.39 is 6.03 Å². The third kappa shape index (κ3) is 3.35. The molecule has 0 bridgehead atoms. The lowest BCUT2D eigenvalue weighted by Crippen LogP contribution is -2.44. The highest BCUT2D eigenvalue weighted by atomic mass is 32.1. The molecular weight excluding hydrogens is 368 g/mol. The van der Waals surface area contributed by atoms with E-state index in [0.717, 1.165) is 24.5 Å². The van der Waals surface area contributed by atoms with Gasteiger partial charge in [-0.2, -0.15) is 0 Å². The number of carbonyl (C=O) groups is 3. The van der Waals surface area contributed by atoms with E-state index in [4.69, 9.17) is 0 Å². The van der Waals surface area contributed by atoms with Gasteiger partial charge in [-0.05, 0) is 25.0 Å². The number of nitrogens with zero attached hydrogens (tertiary/aromatic N) is 3. The Morgan fingerprint density at radius 1 is 1.33 bits per heavy atom. The van der Waals surface area contributed by atoms with Crippen LogP contribution in [0.3, 0.4) is 0 Å². The van der Waals surface area contributed by atoms with Crippen molar-refractivity contribution in [3.8, 4) is 0 Å². The van der Waals surface area contributed by atoms with Gasteiger partial charge in [-0.25, -0.2) is 4.79 Å². The molecule has 3 aliphatic rings. The fraction of sp³-hybridized carbons (Fsp3) is 0.611. The summed E-state index contributed by atoms with van der Waals surface area (Å²) in [5.74, 6) is -0.402. The molecule has 146 valence electrons. The number of likely N-dealkylation sites (tertiary alicyclic amines) is 2. The third-order valence-corrected chi connectivity index (χ3v) is 6.89. The number of hydrogen-bond donors (Lipinski definition) is 2. The number of thiophene rings is 1. The number of carbonyl (C=O) groups excluding carboxylic acids is 3. The van der Waals surface area contributed by atoms with Crippen LogP contribution in [0.15, 0.2) is 12.1 Å². The largest absolute Gasteiger partial charge is 0.396 e. The number of urea groups is 1. The van der Waals surface area contributed by atoms with Crippen molar-refractivity contribution < 1.29 is 19.5 Å². The molecule has 3 fully saturated rings. The summed E-state index contributed by atoms with van der Waals surface area (Å²) in [6.07, 6.45) is 0. The van der Waals surface area contributed by atoms with E-state index in [9.17, 15) is 19.5 Å². The second-order valence-corrected chi connectivity index (χ2v) is 9.18. The van der Waals surface area contributed by atoms with Gasteiger partial charge >= 0.3 is 6.03 Å². The monoisotopic (exact) mass is 392 g/mol. The van der Waals surface area contributed by atoms with Gasteiger partial charge in [0.2, 0.25) is 5.91 Å². The standard InChI is InChI=1S/C18H24N4O4S/c1-12-2-3-14(27-12)7-20-5-13-6-21(10-18(13,9-20)11-23)16(25)8-22-15(24)4-19-17(22)26/h2-3,13,23H,4-11H2,1H3,(H,19,26). The molecule has 2 atom stereocenters. The van der Waals surface area contributed by atoms with Gasteiger partial charge in [0.05, 0.1) is 13.2 Å². The summed E-state index contributed by atoms with van der Waals surface area (Å²) in [5.41, 5.74) is -0.320. The van der Waals surface area contributed by atoms with Crippen LogP contribution in [-0.4, -0.2) is 83.5 Å². The fourth-order valence-electron chi connectivity index (χ4n) is 4.47. The Hall–Kier alpha value is -1.97. The Kier molecular flexibility index (Phi) is 4.69. The van der Waals surface area contributed by atoms with Crippen molar-refractivity contribution in [1.82, 2.24) is 20.0 Å². The smallest absolute Gasteiger partial charge is 0.325 e. The van der Waals surface area contributed by atoms with Gasteiger partial charge < -0.3 is 15.3 Å². The predicted octanol–water partition coefficient (Wildman–Crippen LogP) is -0.139. The first-order valence-corrected chi connectivity index (χ1v) is 9.96. The molecule has 1 aromatic rings. The lowest BCUT2D eigenvalue weighted by molar-refractivity contribution is -0.136. The molecule has 8 nitrogen and oxygen atoms in total. The van der Waals surface area contributed by atoms with Gasteiger partial charge in [0.1, 0.15) is 6.54 Å². The molecule has 0 radical (unpaired) electrons. The van der Waals surface area contributed by atoms with Crippen LogP contribution in [0, 0.1) is 18.3 Å². The molecule has 2 N–H and O–H groups in total. The number of aliphatic hydroxyl groups is 1. The first-order chi connectivity index (χ1) is 12.9. The normalized spacial score (nSPS) is 28.1. The summed E-state index contributed by atoms with van der Waals surface area (Å²) < 4.78 is 0. The zero-order valence-electron chi connectivity index (χ0n) is 15.3. The molecule has 1 aromatic heterocycles. The lowest BCUT2D eigenvalue weighted by atomic mass is 9.82. The van der Waals surface area contributed by atoms with Gasteiger partial charge in [-0.1, -0.05) is 0 Å². The summed E-state index contributed by atoms with van der Waals surface area (Å²) >= 11 is 1.79. The summed E-state index contributed by atoms with van der Waals surface area (Å²) in [4.78, 5) is 43.6. The SMILES string of the molecule is Cc1ccc(CN2CC3CN(C(=O)CN4C(=O)CNC4=O)CC3(CO)C2)s1. The summed E-state index contributed by atoms with van der Waals surface area (Å²) in [5, 5.41) is 12.5. The zero-order valence-corrected chi connectivity index (χ0v) is 16.1. The number of nitrogens with one attached hydrogen (secondary N) is 1. The van der Waals surface area contributed by atoms with E-state index in [1.165, 1.54) is 9.75 Å². The molecule has 4 amide bonds. The zero-order chi connectivity index (χ0) is 19.2. The predicted molar refractivity (Wildman–Crippen MR) is 99.0 cm³/mol. The van der Waals surface area contributed by atoms with E-state index in [1.54, 1.807) is 16.2 Å². The maximum absolute atomic E-state index is 12.6. The maximum atomic E-state index is 12.6. The Labute approximate surface area is 161 Å². The third-order valence-electron chi connectivity index (χ3n) is 5.90. The second-order valence-electron chi connectivity index (χ2n) is 7.81. The number of hydrogen-bond acceptors (Lipinski definition) is 6. The van der Waals surface area contributed by atoms with Crippen molar-refractivity contribution in [1.29, 1.82) is 0 Å². The molecule has 3 aliphatic heterocycles. The second kappa shape index (κ2) is 6.88. The Balaban J connectivity index is 1.38. The first-order valence-electron chi connectivity index (χ1n) is 9.15. The fourth-order valence-corrected chi connectivity index (χ4v) is 5.40. The number of rotatable bonds is 5. The molecule has 0 saturated carbocycles. The molecule has 3 saturated heterocycles. The van der Waals surface area contributed by atoms with Gasteiger partial charge in [0, 0.05) is 47.9 Å². The van der Waals surface area contributed by atoms with Crippen LogP contribution < -0.4 is 5.32 Å². The van der Waals surface area contributed by atoms with Crippen LogP contribution in [0.1, 0.15) is 9.75 Å². The van der Waals surface area contributed by atoms with Gasteiger partial charge in [-0.3, -0.25) is 19.4 Å². The van der Waals surface area contributed by atoms with E-state index in [1.807, 2.05) is 0 Å². The molecular formula is C18H24N4O4S. The highest BCUT2D eigenvalue weighted by Gasteiger charge is 2.53. The number of imide groups is 1. The van der Waals surface area contributed by atoms with Crippen molar-refractivity contribution in [2.75, 3.05) is 45.9 Å². The molecule has 0 aromatic carbocycles. The van der Waals surface area contributed by atoms with Crippen LogP contribution in [0.2, 0.25) is 0 Å². The number of aliphatic hydroxyl groups excluding tert-OH is 1. The van der Waals surface area contributed by atoms with Crippen molar-refractivity contribution in [2.45, 2.75) is 13.5 Å². The van der Waals surface area contributed by atoms with E-state index >= 15 is 0 Å². The van der Waals surface area contributed by atoms with Gasteiger partial charge in [0.15, 0.2) is 0 Å². The van der Waals surface area contributed by atoms with Crippen LogP contribution in [0.4, 0.5) is 4.79 Å². The number of amides is 4. The Morgan fingerprint density at radius 3 is 2.74 bits per heavy atom. The topological polar surface area (TPSA) is 93.2 Å². The number of aryl methyl sites for hydroxylation is 1. The summed E-state index contributed by atoms with van der Waals surface area (Å²) in [6.45, 7) is 5.33. The Bertz CT molecular complexity index is 765. The highest BCUT2D eigenvalue weighted by molar-refractivity contribution is 7.11. The van der Waals surface area contributed by atoms with E-state index in [0.29, 0.717) is 13.1 Å². The molecule has 2 unspecified atom stereocenters. The molecule has 0 spiro atoms. The molecule has 9 heteroatoms. The van der Waals surface area contributed by atoms with Gasteiger partial charge in [-0.15, -0.1) is 11.3 Å². The minimum absolute atomic E-state index is 0.0323. The highest BCUT2D eigenvalue weighted by Crippen LogP contribution is 2.43. The van der Waals surface area contributed by atoms with Crippen LogP contribution in [-0.2, 0) is 16.1 Å². The minimum Gasteiger partial charge on any atom is -0.396 e. The van der Waals surface area contributed by atoms with Crippen LogP contribution in [0.5, 0.6) is 0 Å². The summed E-state index contributed by atoms with van der Waals surface area (Å²) in [7, 11) is 0. The average molecular weight is 392 g/mol. The van der Waals surface area contributed by atoms with Gasteiger partial charge in [0.25, 0.3) is 5.91 Å². The van der Waals surface area contributed by atoms with Crippen molar-refractivity contribution in [3.05, 3.63) is 21.9 Å². The molecule has 4 heterocycles. The lowest BCUT2D eigenvalue weighted by Gasteiger charge is -2.27. The average Bonchev–Trinajstić information content (AvgIpc) is 3.35.